The molecule has 1 aromatic heterocycles. The standard InChI is InChI=1S/C13H12N4O3/c1-20-13-3-2-9(6-12(13)17(18)19)11(14)7-10-8-15-4-5-16-10/h2-6,8,14H,7H2,1H3. The highest BCUT2D eigenvalue weighted by molar-refractivity contribution is 6.00. The van der Waals surface area contributed by atoms with Crippen LogP contribution in [0, 0.1) is 15.5 Å². The molecule has 0 fully saturated rings. The summed E-state index contributed by atoms with van der Waals surface area (Å²) in [5.41, 5.74) is 1.17. The number of rotatable bonds is 5. The van der Waals surface area contributed by atoms with Crippen LogP contribution in [0.5, 0.6) is 5.75 Å². The van der Waals surface area contributed by atoms with E-state index in [2.05, 4.69) is 9.97 Å². The number of hydrogen-bond donors (Lipinski definition) is 1. The molecule has 2 rings (SSSR count). The van der Waals surface area contributed by atoms with Crippen LogP contribution in [-0.2, 0) is 6.42 Å². The van der Waals surface area contributed by atoms with E-state index < -0.39 is 4.92 Å². The number of nitro benzene ring substituents is 1. The van der Waals surface area contributed by atoms with E-state index in [9.17, 15) is 10.1 Å². The summed E-state index contributed by atoms with van der Waals surface area (Å²) in [5, 5.41) is 18.9. The summed E-state index contributed by atoms with van der Waals surface area (Å²) in [6.45, 7) is 0. The largest absolute Gasteiger partial charge is 0.490 e. The number of nitro groups is 1. The van der Waals surface area contributed by atoms with Gasteiger partial charge in [-0.05, 0) is 12.1 Å². The first-order chi connectivity index (χ1) is 9.61. The normalized spacial score (nSPS) is 10.1. The lowest BCUT2D eigenvalue weighted by Crippen LogP contribution is -2.06. The van der Waals surface area contributed by atoms with Crippen molar-refractivity contribution < 1.29 is 9.66 Å². The molecule has 7 nitrogen and oxygen atoms in total. The van der Waals surface area contributed by atoms with Crippen LogP contribution in [0.1, 0.15) is 11.3 Å². The maximum atomic E-state index is 10.9. The predicted octanol–water partition coefficient (Wildman–Crippen LogP) is 2.00. The molecule has 0 bridgehead atoms. The van der Waals surface area contributed by atoms with Gasteiger partial charge in [0.1, 0.15) is 0 Å². The summed E-state index contributed by atoms with van der Waals surface area (Å²) < 4.78 is 4.93. The molecule has 0 radical (unpaired) electrons. The smallest absolute Gasteiger partial charge is 0.311 e. The van der Waals surface area contributed by atoms with Gasteiger partial charge in [0.25, 0.3) is 0 Å². The lowest BCUT2D eigenvalue weighted by Gasteiger charge is -2.06. The van der Waals surface area contributed by atoms with E-state index in [1.807, 2.05) is 0 Å². The highest BCUT2D eigenvalue weighted by atomic mass is 16.6. The van der Waals surface area contributed by atoms with Crippen molar-refractivity contribution in [1.82, 2.24) is 9.97 Å². The van der Waals surface area contributed by atoms with Gasteiger partial charge in [0.05, 0.1) is 17.7 Å². The van der Waals surface area contributed by atoms with Crippen molar-refractivity contribution in [2.24, 2.45) is 0 Å². The van der Waals surface area contributed by atoms with Gasteiger partial charge in [0.2, 0.25) is 0 Å². The summed E-state index contributed by atoms with van der Waals surface area (Å²) in [7, 11) is 1.37. The Morgan fingerprint density at radius 1 is 1.45 bits per heavy atom. The Kier molecular flexibility index (Phi) is 3.99. The second-order valence-electron chi connectivity index (χ2n) is 4.00. The van der Waals surface area contributed by atoms with Gasteiger partial charge in [0, 0.05) is 42.4 Å². The first-order valence-electron chi connectivity index (χ1n) is 5.77. The van der Waals surface area contributed by atoms with E-state index in [0.717, 1.165) is 0 Å². The zero-order valence-corrected chi connectivity index (χ0v) is 10.7. The highest BCUT2D eigenvalue weighted by Crippen LogP contribution is 2.27. The Morgan fingerprint density at radius 3 is 2.85 bits per heavy atom. The van der Waals surface area contributed by atoms with Crippen LogP contribution in [0.4, 0.5) is 5.69 Å². The minimum atomic E-state index is -0.530. The average Bonchev–Trinajstić information content (AvgIpc) is 2.47. The molecule has 0 unspecified atom stereocenters. The molecule has 20 heavy (non-hydrogen) atoms. The molecule has 0 aliphatic carbocycles. The van der Waals surface area contributed by atoms with Crippen molar-refractivity contribution in [2.45, 2.75) is 6.42 Å². The van der Waals surface area contributed by atoms with E-state index in [-0.39, 0.29) is 23.6 Å². The van der Waals surface area contributed by atoms with Gasteiger partial charge in [0.15, 0.2) is 5.75 Å². The van der Waals surface area contributed by atoms with Crippen molar-refractivity contribution >= 4 is 11.4 Å². The van der Waals surface area contributed by atoms with Gasteiger partial charge in [-0.3, -0.25) is 20.1 Å². The lowest BCUT2D eigenvalue weighted by molar-refractivity contribution is -0.385. The Balaban J connectivity index is 2.27. The van der Waals surface area contributed by atoms with Crippen LogP contribution in [0.25, 0.3) is 0 Å². The Bertz CT molecular complexity index is 643. The molecule has 0 atom stereocenters. The number of hydrogen-bond acceptors (Lipinski definition) is 6. The molecule has 102 valence electrons. The van der Waals surface area contributed by atoms with Gasteiger partial charge in [-0.2, -0.15) is 0 Å². The summed E-state index contributed by atoms with van der Waals surface area (Å²) in [6.07, 6.45) is 4.91. The number of nitrogens with one attached hydrogen (secondary N) is 1. The van der Waals surface area contributed by atoms with Crippen molar-refractivity contribution in [3.8, 4) is 5.75 Å². The quantitative estimate of drug-likeness (QED) is 0.509. The fourth-order valence-corrected chi connectivity index (χ4v) is 1.72. The molecule has 0 saturated carbocycles. The number of benzene rings is 1. The Hall–Kier alpha value is -2.83. The predicted molar refractivity (Wildman–Crippen MR) is 72.2 cm³/mol. The van der Waals surface area contributed by atoms with Gasteiger partial charge in [-0.25, -0.2) is 0 Å². The number of nitrogens with zero attached hydrogens (tertiary/aromatic N) is 3. The van der Waals surface area contributed by atoms with E-state index >= 15 is 0 Å². The first-order valence-corrected chi connectivity index (χ1v) is 5.77. The number of methoxy groups -OCH3 is 1. The lowest BCUT2D eigenvalue weighted by atomic mass is 10.0. The van der Waals surface area contributed by atoms with Crippen molar-refractivity contribution in [3.63, 3.8) is 0 Å². The third-order valence-electron chi connectivity index (χ3n) is 2.70. The van der Waals surface area contributed by atoms with E-state index in [1.165, 1.54) is 19.2 Å². The Morgan fingerprint density at radius 2 is 2.25 bits per heavy atom. The molecular formula is C13H12N4O3. The summed E-state index contributed by atoms with van der Waals surface area (Å²) in [5.74, 6) is 0.172. The van der Waals surface area contributed by atoms with E-state index in [4.69, 9.17) is 10.1 Å². The fraction of sp³-hybridized carbons (Fsp3) is 0.154. The molecule has 0 aliphatic rings. The zero-order valence-electron chi connectivity index (χ0n) is 10.7. The minimum absolute atomic E-state index is 0.158. The SMILES string of the molecule is COc1ccc(C(=N)Cc2cnccn2)cc1[N+](=O)[O-]. The number of ether oxygens (including phenoxy) is 1. The molecule has 7 heteroatoms. The fourth-order valence-electron chi connectivity index (χ4n) is 1.72. The minimum Gasteiger partial charge on any atom is -0.490 e. The number of aromatic nitrogens is 2. The topological polar surface area (TPSA) is 102 Å². The molecule has 1 heterocycles. The summed E-state index contributed by atoms with van der Waals surface area (Å²) in [4.78, 5) is 18.4. The van der Waals surface area contributed by atoms with Crippen LogP contribution in [-0.4, -0.2) is 27.7 Å². The van der Waals surface area contributed by atoms with Gasteiger partial charge >= 0.3 is 5.69 Å². The molecular weight excluding hydrogens is 260 g/mol. The first kappa shape index (κ1) is 13.6. The molecule has 0 aliphatic heterocycles. The second-order valence-corrected chi connectivity index (χ2v) is 4.00. The van der Waals surface area contributed by atoms with Gasteiger partial charge < -0.3 is 10.1 Å². The Labute approximate surface area is 114 Å². The van der Waals surface area contributed by atoms with Crippen molar-refractivity contribution in [2.75, 3.05) is 7.11 Å². The van der Waals surface area contributed by atoms with Crippen LogP contribution >= 0.6 is 0 Å². The van der Waals surface area contributed by atoms with Gasteiger partial charge in [-0.15, -0.1) is 0 Å². The van der Waals surface area contributed by atoms with Crippen molar-refractivity contribution in [1.29, 1.82) is 5.41 Å². The van der Waals surface area contributed by atoms with E-state index in [0.29, 0.717) is 11.3 Å². The average molecular weight is 272 g/mol. The highest BCUT2D eigenvalue weighted by Gasteiger charge is 2.17. The van der Waals surface area contributed by atoms with Gasteiger partial charge in [-0.1, -0.05) is 0 Å². The van der Waals surface area contributed by atoms with Crippen LogP contribution in [0.2, 0.25) is 0 Å². The second kappa shape index (κ2) is 5.87. The van der Waals surface area contributed by atoms with Crippen LogP contribution in [0.3, 0.4) is 0 Å². The third-order valence-corrected chi connectivity index (χ3v) is 2.70. The van der Waals surface area contributed by atoms with Crippen molar-refractivity contribution in [3.05, 3.63) is 58.2 Å². The van der Waals surface area contributed by atoms with E-state index in [1.54, 1.807) is 24.7 Å². The monoisotopic (exact) mass is 272 g/mol. The molecule has 0 spiro atoms. The molecule has 1 N–H and O–H groups in total. The third kappa shape index (κ3) is 2.94. The summed E-state index contributed by atoms with van der Waals surface area (Å²) >= 11 is 0. The maximum Gasteiger partial charge on any atom is 0.311 e. The molecule has 1 aromatic carbocycles. The molecule has 2 aromatic rings. The molecule has 0 amide bonds. The van der Waals surface area contributed by atoms with Crippen LogP contribution in [0.15, 0.2) is 36.8 Å². The maximum absolute atomic E-state index is 10.9. The molecule has 0 saturated heterocycles. The van der Waals surface area contributed by atoms with Crippen LogP contribution < -0.4 is 4.74 Å². The summed E-state index contributed by atoms with van der Waals surface area (Å²) in [6, 6.07) is 4.43. The zero-order chi connectivity index (χ0) is 14.5.